The van der Waals surface area contributed by atoms with Crippen molar-refractivity contribution in [2.45, 2.75) is 58.3 Å². The smallest absolute Gasteiger partial charge is 0.181 e. The van der Waals surface area contributed by atoms with E-state index in [4.69, 9.17) is 11.6 Å². The zero-order valence-electron chi connectivity index (χ0n) is 11.5. The standard InChI is InChI=1S/C14H19ClN4/c1-9-10(2)13-16-17-14(19(13)18-12(9)15)11-7-5-3-4-6-8-11/h11H,3-8H2,1-2H3. The predicted molar refractivity (Wildman–Crippen MR) is 75.7 cm³/mol. The van der Waals surface area contributed by atoms with Crippen LogP contribution in [0.25, 0.3) is 5.65 Å². The van der Waals surface area contributed by atoms with E-state index in [1.165, 1.54) is 38.5 Å². The predicted octanol–water partition coefficient (Wildman–Crippen LogP) is 3.83. The molecule has 0 amide bonds. The van der Waals surface area contributed by atoms with Crippen molar-refractivity contribution < 1.29 is 0 Å². The van der Waals surface area contributed by atoms with Crippen LogP contribution in [0.15, 0.2) is 0 Å². The monoisotopic (exact) mass is 278 g/mol. The Morgan fingerprint density at radius 3 is 2.37 bits per heavy atom. The van der Waals surface area contributed by atoms with Crippen molar-refractivity contribution in [2.24, 2.45) is 0 Å². The van der Waals surface area contributed by atoms with E-state index in [0.717, 1.165) is 22.6 Å². The molecule has 1 saturated carbocycles. The third-order valence-electron chi connectivity index (χ3n) is 4.28. The van der Waals surface area contributed by atoms with Gasteiger partial charge < -0.3 is 0 Å². The number of aryl methyl sites for hydroxylation is 1. The number of halogens is 1. The van der Waals surface area contributed by atoms with E-state index in [0.29, 0.717) is 11.1 Å². The lowest BCUT2D eigenvalue weighted by molar-refractivity contribution is 0.545. The molecule has 5 heteroatoms. The first kappa shape index (κ1) is 12.9. The topological polar surface area (TPSA) is 43.1 Å². The number of nitrogens with zero attached hydrogens (tertiary/aromatic N) is 4. The van der Waals surface area contributed by atoms with Crippen LogP contribution in [0.3, 0.4) is 0 Å². The van der Waals surface area contributed by atoms with Gasteiger partial charge in [0, 0.05) is 11.5 Å². The summed E-state index contributed by atoms with van der Waals surface area (Å²) in [6.45, 7) is 4.01. The van der Waals surface area contributed by atoms with Gasteiger partial charge in [0.2, 0.25) is 0 Å². The summed E-state index contributed by atoms with van der Waals surface area (Å²) >= 11 is 6.21. The summed E-state index contributed by atoms with van der Waals surface area (Å²) in [5, 5.41) is 13.7. The maximum atomic E-state index is 6.21. The molecule has 102 valence electrons. The molecule has 1 aliphatic rings. The molecule has 0 N–H and O–H groups in total. The first-order valence-corrected chi connectivity index (χ1v) is 7.44. The maximum absolute atomic E-state index is 6.21. The quantitative estimate of drug-likeness (QED) is 0.745. The van der Waals surface area contributed by atoms with Crippen molar-refractivity contribution in [3.63, 3.8) is 0 Å². The van der Waals surface area contributed by atoms with Gasteiger partial charge in [-0.2, -0.15) is 9.61 Å². The second-order valence-electron chi connectivity index (χ2n) is 5.52. The Labute approximate surface area is 118 Å². The van der Waals surface area contributed by atoms with Gasteiger partial charge >= 0.3 is 0 Å². The fourth-order valence-electron chi connectivity index (χ4n) is 2.90. The lowest BCUT2D eigenvalue weighted by Crippen LogP contribution is -2.07. The molecular formula is C14H19ClN4. The summed E-state index contributed by atoms with van der Waals surface area (Å²) in [6, 6.07) is 0. The molecule has 0 radical (unpaired) electrons. The third-order valence-corrected chi connectivity index (χ3v) is 4.64. The summed E-state index contributed by atoms with van der Waals surface area (Å²) in [7, 11) is 0. The number of hydrogen-bond donors (Lipinski definition) is 0. The molecule has 2 heterocycles. The van der Waals surface area contributed by atoms with Crippen LogP contribution >= 0.6 is 11.6 Å². The Hall–Kier alpha value is -1.16. The molecule has 2 aromatic heterocycles. The van der Waals surface area contributed by atoms with Crippen LogP contribution in [-0.2, 0) is 0 Å². The van der Waals surface area contributed by atoms with Gasteiger partial charge in [-0.15, -0.1) is 10.2 Å². The van der Waals surface area contributed by atoms with E-state index < -0.39 is 0 Å². The summed E-state index contributed by atoms with van der Waals surface area (Å²) < 4.78 is 1.86. The molecule has 4 nitrogen and oxygen atoms in total. The van der Waals surface area contributed by atoms with Crippen LogP contribution in [0.5, 0.6) is 0 Å². The average Bonchev–Trinajstić information content (AvgIpc) is 2.64. The number of fused-ring (bicyclic) bond motifs is 1. The van der Waals surface area contributed by atoms with Crippen LogP contribution in [-0.4, -0.2) is 19.8 Å². The molecule has 2 aromatic rings. The molecule has 0 unspecified atom stereocenters. The molecular weight excluding hydrogens is 260 g/mol. The van der Waals surface area contributed by atoms with Gasteiger partial charge in [-0.1, -0.05) is 37.3 Å². The minimum atomic E-state index is 0.475. The molecule has 0 aliphatic heterocycles. The first-order valence-electron chi connectivity index (χ1n) is 7.06. The lowest BCUT2D eigenvalue weighted by Gasteiger charge is -2.12. The summed E-state index contributed by atoms with van der Waals surface area (Å²) in [5.74, 6) is 1.46. The van der Waals surface area contributed by atoms with E-state index in [1.807, 2.05) is 18.4 Å². The van der Waals surface area contributed by atoms with Crippen LogP contribution < -0.4 is 0 Å². The number of hydrogen-bond acceptors (Lipinski definition) is 3. The molecule has 0 aromatic carbocycles. The van der Waals surface area contributed by atoms with E-state index in [9.17, 15) is 0 Å². The molecule has 0 bridgehead atoms. The Morgan fingerprint density at radius 2 is 1.68 bits per heavy atom. The minimum absolute atomic E-state index is 0.475. The van der Waals surface area contributed by atoms with Crippen LogP contribution in [0.4, 0.5) is 0 Å². The lowest BCUT2D eigenvalue weighted by atomic mass is 10.00. The molecule has 1 fully saturated rings. The molecule has 0 saturated heterocycles. The highest BCUT2D eigenvalue weighted by Gasteiger charge is 2.22. The molecule has 1 aliphatic carbocycles. The van der Waals surface area contributed by atoms with Crippen molar-refractivity contribution in [3.8, 4) is 0 Å². The van der Waals surface area contributed by atoms with Crippen molar-refractivity contribution in [2.75, 3.05) is 0 Å². The molecule has 19 heavy (non-hydrogen) atoms. The second-order valence-corrected chi connectivity index (χ2v) is 5.88. The van der Waals surface area contributed by atoms with E-state index in [-0.39, 0.29) is 0 Å². The third kappa shape index (κ3) is 2.22. The molecule has 3 rings (SSSR count). The van der Waals surface area contributed by atoms with Gasteiger partial charge in [-0.25, -0.2) is 0 Å². The van der Waals surface area contributed by atoms with Gasteiger partial charge in [0.15, 0.2) is 16.6 Å². The SMILES string of the molecule is Cc1c(Cl)nn2c(C3CCCCCC3)nnc2c1C. The summed E-state index contributed by atoms with van der Waals surface area (Å²) in [6.07, 6.45) is 7.59. The van der Waals surface area contributed by atoms with E-state index in [2.05, 4.69) is 15.3 Å². The Bertz CT molecular complexity index is 597. The highest BCUT2D eigenvalue weighted by atomic mass is 35.5. The highest BCUT2D eigenvalue weighted by molar-refractivity contribution is 6.30. The zero-order valence-corrected chi connectivity index (χ0v) is 12.2. The maximum Gasteiger partial charge on any atom is 0.181 e. The van der Waals surface area contributed by atoms with Crippen LogP contribution in [0.2, 0.25) is 5.15 Å². The van der Waals surface area contributed by atoms with E-state index in [1.54, 1.807) is 0 Å². The van der Waals surface area contributed by atoms with Gasteiger partial charge in [0.1, 0.15) is 0 Å². The van der Waals surface area contributed by atoms with Crippen molar-refractivity contribution in [1.82, 2.24) is 19.8 Å². The normalized spacial score (nSPS) is 17.8. The second kappa shape index (κ2) is 5.08. The first-order chi connectivity index (χ1) is 9.18. The van der Waals surface area contributed by atoms with Gasteiger partial charge in [-0.05, 0) is 32.3 Å². The Kier molecular flexibility index (Phi) is 3.44. The Morgan fingerprint density at radius 1 is 1.00 bits per heavy atom. The molecule has 0 spiro atoms. The van der Waals surface area contributed by atoms with E-state index >= 15 is 0 Å². The Balaban J connectivity index is 2.09. The van der Waals surface area contributed by atoms with Crippen LogP contribution in [0, 0.1) is 13.8 Å². The summed E-state index contributed by atoms with van der Waals surface area (Å²) in [4.78, 5) is 0. The zero-order chi connectivity index (χ0) is 13.4. The largest absolute Gasteiger partial charge is 0.195 e. The highest BCUT2D eigenvalue weighted by Crippen LogP contribution is 2.31. The fourth-order valence-corrected chi connectivity index (χ4v) is 3.12. The minimum Gasteiger partial charge on any atom is -0.195 e. The van der Waals surface area contributed by atoms with Crippen molar-refractivity contribution >= 4 is 17.2 Å². The fraction of sp³-hybridized carbons (Fsp3) is 0.643. The number of aromatic nitrogens is 4. The van der Waals surface area contributed by atoms with Gasteiger partial charge in [-0.3, -0.25) is 0 Å². The van der Waals surface area contributed by atoms with Gasteiger partial charge in [0.25, 0.3) is 0 Å². The molecule has 0 atom stereocenters. The average molecular weight is 279 g/mol. The van der Waals surface area contributed by atoms with Crippen molar-refractivity contribution in [1.29, 1.82) is 0 Å². The number of rotatable bonds is 1. The van der Waals surface area contributed by atoms with Crippen LogP contribution in [0.1, 0.15) is 61.4 Å². The van der Waals surface area contributed by atoms with Crippen molar-refractivity contribution in [3.05, 3.63) is 22.1 Å². The summed E-state index contributed by atoms with van der Waals surface area (Å²) in [5.41, 5.74) is 2.92. The van der Waals surface area contributed by atoms with Gasteiger partial charge in [0.05, 0.1) is 0 Å².